The van der Waals surface area contributed by atoms with Gasteiger partial charge in [0.25, 0.3) is 0 Å². The molecule has 0 saturated heterocycles. The zero-order valence-corrected chi connectivity index (χ0v) is 11.7. The largest absolute Gasteiger partial charge is 0.381 e. The highest BCUT2D eigenvalue weighted by Crippen LogP contribution is 2.25. The van der Waals surface area contributed by atoms with Crippen LogP contribution in [-0.4, -0.2) is 9.78 Å². The Morgan fingerprint density at radius 3 is 2.95 bits per heavy atom. The molecule has 1 N–H and O–H groups in total. The Morgan fingerprint density at radius 2 is 2.11 bits per heavy atom. The Balaban J connectivity index is 1.72. The van der Waals surface area contributed by atoms with E-state index in [1.807, 2.05) is 11.7 Å². The normalized spacial score (nSPS) is 13.6. The highest BCUT2D eigenvalue weighted by molar-refractivity contribution is 5.50. The number of nitrogens with one attached hydrogen (secondary N) is 1. The van der Waals surface area contributed by atoms with Crippen molar-refractivity contribution in [3.05, 3.63) is 46.8 Å². The van der Waals surface area contributed by atoms with Gasteiger partial charge in [0.1, 0.15) is 0 Å². The van der Waals surface area contributed by atoms with E-state index in [1.54, 1.807) is 0 Å². The van der Waals surface area contributed by atoms with Gasteiger partial charge >= 0.3 is 0 Å². The lowest BCUT2D eigenvalue weighted by Crippen LogP contribution is -2.01. The number of fused-ring (bicyclic) bond motifs is 1. The summed E-state index contributed by atoms with van der Waals surface area (Å²) in [5.74, 6) is 0. The van der Waals surface area contributed by atoms with Crippen LogP contribution in [0.1, 0.15) is 35.7 Å². The molecule has 0 saturated carbocycles. The molecule has 1 aliphatic carbocycles. The van der Waals surface area contributed by atoms with E-state index in [2.05, 4.69) is 41.7 Å². The Morgan fingerprint density at radius 1 is 1.26 bits per heavy atom. The minimum absolute atomic E-state index is 0.857. The van der Waals surface area contributed by atoms with Crippen molar-refractivity contribution in [1.29, 1.82) is 0 Å². The average Bonchev–Trinajstić information content (AvgIpc) is 3.01. The van der Waals surface area contributed by atoms with Gasteiger partial charge < -0.3 is 5.32 Å². The van der Waals surface area contributed by atoms with E-state index < -0.39 is 0 Å². The van der Waals surface area contributed by atoms with Crippen LogP contribution in [0.5, 0.6) is 0 Å². The van der Waals surface area contributed by atoms with Crippen LogP contribution in [0, 0.1) is 0 Å². The summed E-state index contributed by atoms with van der Waals surface area (Å²) in [7, 11) is 1.98. The molecule has 1 aliphatic rings. The zero-order valence-electron chi connectivity index (χ0n) is 11.7. The van der Waals surface area contributed by atoms with E-state index in [-0.39, 0.29) is 0 Å². The Kier molecular flexibility index (Phi) is 3.28. The summed E-state index contributed by atoms with van der Waals surface area (Å²) in [5, 5.41) is 8.00. The average molecular weight is 255 g/mol. The predicted molar refractivity (Wildman–Crippen MR) is 78.4 cm³/mol. The first-order valence-electron chi connectivity index (χ1n) is 7.13. The molecule has 0 unspecified atom stereocenters. The second-order valence-corrected chi connectivity index (χ2v) is 5.32. The molecule has 3 nitrogen and oxygen atoms in total. The van der Waals surface area contributed by atoms with Crippen LogP contribution in [0.25, 0.3) is 0 Å². The van der Waals surface area contributed by atoms with Crippen LogP contribution < -0.4 is 5.32 Å². The number of hydrogen-bond donors (Lipinski definition) is 1. The molecule has 19 heavy (non-hydrogen) atoms. The zero-order chi connectivity index (χ0) is 13.2. The number of anilines is 1. The summed E-state index contributed by atoms with van der Waals surface area (Å²) in [6.07, 6.45) is 6.89. The molecule has 0 aliphatic heterocycles. The second-order valence-electron chi connectivity index (χ2n) is 5.32. The standard InChI is InChI=1S/C16H21N3/c1-3-16-14(11-19(2)18-16)10-17-15-8-7-12-5-4-6-13(12)9-15/h7-9,11,17H,3-6,10H2,1-2H3. The van der Waals surface area contributed by atoms with E-state index in [0.717, 1.165) is 13.0 Å². The molecule has 3 heteroatoms. The maximum atomic E-state index is 4.48. The van der Waals surface area contributed by atoms with Gasteiger partial charge in [-0.25, -0.2) is 0 Å². The van der Waals surface area contributed by atoms with Crippen molar-refractivity contribution in [1.82, 2.24) is 9.78 Å². The highest BCUT2D eigenvalue weighted by Gasteiger charge is 2.11. The van der Waals surface area contributed by atoms with Gasteiger partial charge in [0.2, 0.25) is 0 Å². The summed E-state index contributed by atoms with van der Waals surface area (Å²) >= 11 is 0. The minimum atomic E-state index is 0.857. The number of nitrogens with zero attached hydrogens (tertiary/aromatic N) is 2. The van der Waals surface area contributed by atoms with Gasteiger partial charge in [-0.3, -0.25) is 4.68 Å². The van der Waals surface area contributed by atoms with Crippen LogP contribution in [-0.2, 0) is 32.9 Å². The SMILES string of the molecule is CCc1nn(C)cc1CNc1ccc2c(c1)CCC2. The molecule has 100 valence electrons. The van der Waals surface area contributed by atoms with Crippen molar-refractivity contribution >= 4 is 5.69 Å². The molecule has 0 spiro atoms. The maximum absolute atomic E-state index is 4.48. The third kappa shape index (κ3) is 2.50. The van der Waals surface area contributed by atoms with Crippen molar-refractivity contribution in [2.24, 2.45) is 7.05 Å². The Hall–Kier alpha value is -1.77. The molecular formula is C16H21N3. The molecule has 1 heterocycles. The monoisotopic (exact) mass is 255 g/mol. The topological polar surface area (TPSA) is 29.9 Å². The van der Waals surface area contributed by atoms with Gasteiger partial charge in [-0.1, -0.05) is 13.0 Å². The van der Waals surface area contributed by atoms with Crippen LogP contribution in [0.3, 0.4) is 0 Å². The number of hydrogen-bond acceptors (Lipinski definition) is 2. The molecule has 1 aromatic heterocycles. The van der Waals surface area contributed by atoms with E-state index in [9.17, 15) is 0 Å². The smallest absolute Gasteiger partial charge is 0.0671 e. The molecule has 3 rings (SSSR count). The van der Waals surface area contributed by atoms with Crippen molar-refractivity contribution < 1.29 is 0 Å². The van der Waals surface area contributed by atoms with Crippen LogP contribution >= 0.6 is 0 Å². The highest BCUT2D eigenvalue weighted by atomic mass is 15.3. The minimum Gasteiger partial charge on any atom is -0.381 e. The predicted octanol–water partition coefficient (Wildman–Crippen LogP) is 3.08. The maximum Gasteiger partial charge on any atom is 0.0671 e. The number of aromatic nitrogens is 2. The number of benzene rings is 1. The van der Waals surface area contributed by atoms with Crippen molar-refractivity contribution in [3.63, 3.8) is 0 Å². The molecule has 0 fully saturated rings. The summed E-state index contributed by atoms with van der Waals surface area (Å²) in [6, 6.07) is 6.78. The first kappa shape index (κ1) is 12.3. The summed E-state index contributed by atoms with van der Waals surface area (Å²) < 4.78 is 1.90. The van der Waals surface area contributed by atoms with Crippen molar-refractivity contribution in [3.8, 4) is 0 Å². The van der Waals surface area contributed by atoms with Gasteiger partial charge in [-0.05, 0) is 48.9 Å². The first-order valence-corrected chi connectivity index (χ1v) is 7.13. The van der Waals surface area contributed by atoms with E-state index in [1.165, 1.54) is 47.3 Å². The lowest BCUT2D eigenvalue weighted by Gasteiger charge is -2.08. The van der Waals surface area contributed by atoms with Crippen LogP contribution in [0.15, 0.2) is 24.4 Å². The summed E-state index contributed by atoms with van der Waals surface area (Å²) in [5.41, 5.74) is 6.77. The second kappa shape index (κ2) is 5.08. The van der Waals surface area contributed by atoms with Gasteiger partial charge in [-0.15, -0.1) is 0 Å². The van der Waals surface area contributed by atoms with Gasteiger partial charge in [0, 0.05) is 31.0 Å². The molecule has 2 aromatic rings. The Bertz CT molecular complexity index is 584. The third-order valence-electron chi connectivity index (χ3n) is 3.91. The lowest BCUT2D eigenvalue weighted by atomic mass is 10.1. The third-order valence-corrected chi connectivity index (χ3v) is 3.91. The molecule has 0 atom stereocenters. The molecule has 0 amide bonds. The van der Waals surface area contributed by atoms with Crippen LogP contribution in [0.2, 0.25) is 0 Å². The Labute approximate surface area is 114 Å². The first-order chi connectivity index (χ1) is 9.26. The van der Waals surface area contributed by atoms with Crippen molar-refractivity contribution in [2.45, 2.75) is 39.2 Å². The van der Waals surface area contributed by atoms with E-state index in [4.69, 9.17) is 0 Å². The lowest BCUT2D eigenvalue weighted by molar-refractivity contribution is 0.746. The van der Waals surface area contributed by atoms with E-state index >= 15 is 0 Å². The molecule has 0 bridgehead atoms. The van der Waals surface area contributed by atoms with Gasteiger partial charge in [-0.2, -0.15) is 5.10 Å². The van der Waals surface area contributed by atoms with Gasteiger partial charge in [0.15, 0.2) is 0 Å². The molecule has 0 radical (unpaired) electrons. The van der Waals surface area contributed by atoms with Crippen LogP contribution in [0.4, 0.5) is 5.69 Å². The van der Waals surface area contributed by atoms with E-state index in [0.29, 0.717) is 0 Å². The molecule has 1 aromatic carbocycles. The molecular weight excluding hydrogens is 234 g/mol. The number of rotatable bonds is 4. The van der Waals surface area contributed by atoms with Gasteiger partial charge in [0.05, 0.1) is 5.69 Å². The number of aryl methyl sites for hydroxylation is 4. The fraction of sp³-hybridized carbons (Fsp3) is 0.438. The fourth-order valence-corrected chi connectivity index (χ4v) is 2.91. The summed E-state index contributed by atoms with van der Waals surface area (Å²) in [4.78, 5) is 0. The van der Waals surface area contributed by atoms with Crippen molar-refractivity contribution in [2.75, 3.05) is 5.32 Å². The summed E-state index contributed by atoms with van der Waals surface area (Å²) in [6.45, 7) is 3.01. The fourth-order valence-electron chi connectivity index (χ4n) is 2.91. The quantitative estimate of drug-likeness (QED) is 0.910.